The lowest BCUT2D eigenvalue weighted by molar-refractivity contribution is 1.19. The first-order chi connectivity index (χ1) is 9.01. The summed E-state index contributed by atoms with van der Waals surface area (Å²) in [7, 11) is 2.04. The maximum Gasteiger partial charge on any atom is 0.0646 e. The smallest absolute Gasteiger partial charge is 0.0646 e. The zero-order chi connectivity index (χ0) is 14.0. The Bertz CT molecular complexity index is 575. The first kappa shape index (κ1) is 14.4. The number of aryl methyl sites for hydroxylation is 2. The molecule has 0 radical (unpaired) electrons. The summed E-state index contributed by atoms with van der Waals surface area (Å²) in [6, 6.07) is 12.7. The minimum Gasteiger partial charge on any atom is -0.343 e. The highest BCUT2D eigenvalue weighted by Gasteiger charge is 2.09. The Kier molecular flexibility index (Phi) is 4.54. The van der Waals surface area contributed by atoms with E-state index in [0.29, 0.717) is 0 Å². The van der Waals surface area contributed by atoms with Gasteiger partial charge in [-0.1, -0.05) is 39.7 Å². The van der Waals surface area contributed by atoms with E-state index >= 15 is 0 Å². The molecule has 0 atom stereocenters. The van der Waals surface area contributed by atoms with Crippen molar-refractivity contribution in [3.63, 3.8) is 0 Å². The zero-order valence-corrected chi connectivity index (χ0v) is 13.7. The summed E-state index contributed by atoms with van der Waals surface area (Å²) >= 11 is 9.81. The maximum absolute atomic E-state index is 6.37. The molecule has 2 aromatic rings. The Morgan fingerprint density at radius 1 is 1.05 bits per heavy atom. The third-order valence-corrected chi connectivity index (χ3v) is 4.07. The van der Waals surface area contributed by atoms with Crippen LogP contribution in [0.3, 0.4) is 0 Å². The van der Waals surface area contributed by atoms with Gasteiger partial charge in [-0.3, -0.25) is 0 Å². The minimum atomic E-state index is 0.776. The fraction of sp³-hybridized carbons (Fsp3) is 0.250. The molecule has 0 saturated heterocycles. The van der Waals surface area contributed by atoms with Gasteiger partial charge in [0.1, 0.15) is 0 Å². The van der Waals surface area contributed by atoms with Crippen LogP contribution < -0.4 is 4.90 Å². The minimum absolute atomic E-state index is 0.776. The summed E-state index contributed by atoms with van der Waals surface area (Å²) in [5, 5.41) is 1.60. The van der Waals surface area contributed by atoms with Crippen molar-refractivity contribution in [2.45, 2.75) is 19.2 Å². The van der Waals surface area contributed by atoms with Gasteiger partial charge in [-0.15, -0.1) is 0 Å². The van der Waals surface area contributed by atoms with Gasteiger partial charge < -0.3 is 4.90 Å². The van der Waals surface area contributed by atoms with Crippen molar-refractivity contribution in [3.8, 4) is 0 Å². The molecule has 2 aromatic carbocycles. The van der Waals surface area contributed by atoms with Crippen LogP contribution in [0.25, 0.3) is 0 Å². The van der Waals surface area contributed by atoms with Crippen LogP contribution in [0, 0.1) is 13.8 Å². The molecule has 0 spiro atoms. The number of halogens is 2. The van der Waals surface area contributed by atoms with Crippen LogP contribution in [-0.2, 0) is 5.33 Å². The third-order valence-electron chi connectivity index (χ3n) is 3.12. The van der Waals surface area contributed by atoms with E-state index in [1.807, 2.05) is 13.1 Å². The van der Waals surface area contributed by atoms with Gasteiger partial charge in [-0.25, -0.2) is 0 Å². The number of rotatable bonds is 3. The molecule has 0 amide bonds. The molecule has 1 nitrogen and oxygen atoms in total. The highest BCUT2D eigenvalue weighted by molar-refractivity contribution is 9.08. The highest BCUT2D eigenvalue weighted by Crippen LogP contribution is 2.32. The van der Waals surface area contributed by atoms with Gasteiger partial charge in [0.2, 0.25) is 0 Å². The molecular weight excluding hydrogens is 322 g/mol. The van der Waals surface area contributed by atoms with Gasteiger partial charge in [0.05, 0.1) is 10.7 Å². The topological polar surface area (TPSA) is 3.24 Å². The van der Waals surface area contributed by atoms with Crippen molar-refractivity contribution < 1.29 is 0 Å². The van der Waals surface area contributed by atoms with Gasteiger partial charge >= 0.3 is 0 Å². The van der Waals surface area contributed by atoms with Gasteiger partial charge in [0.15, 0.2) is 0 Å². The van der Waals surface area contributed by atoms with Crippen LogP contribution >= 0.6 is 27.5 Å². The van der Waals surface area contributed by atoms with E-state index < -0.39 is 0 Å². The second-order valence-corrected chi connectivity index (χ2v) is 5.79. The van der Waals surface area contributed by atoms with Crippen LogP contribution in [0.5, 0.6) is 0 Å². The van der Waals surface area contributed by atoms with Crippen LogP contribution in [0.15, 0.2) is 36.4 Å². The van der Waals surface area contributed by atoms with Crippen LogP contribution in [-0.4, -0.2) is 7.05 Å². The summed E-state index contributed by atoms with van der Waals surface area (Å²) < 4.78 is 0. The number of hydrogen-bond donors (Lipinski definition) is 0. The van der Waals surface area contributed by atoms with E-state index in [1.165, 1.54) is 16.7 Å². The highest BCUT2D eigenvalue weighted by atomic mass is 79.9. The summed E-state index contributed by atoms with van der Waals surface area (Å²) in [5.41, 5.74) is 5.88. The molecule has 0 heterocycles. The first-order valence-corrected chi connectivity index (χ1v) is 7.67. The molecular formula is C16H17BrClN. The Morgan fingerprint density at radius 3 is 2.21 bits per heavy atom. The van der Waals surface area contributed by atoms with Crippen LogP contribution in [0.2, 0.25) is 5.02 Å². The average molecular weight is 339 g/mol. The largest absolute Gasteiger partial charge is 0.343 e. The molecule has 2 rings (SSSR count). The normalized spacial score (nSPS) is 10.6. The number of benzene rings is 2. The zero-order valence-electron chi connectivity index (χ0n) is 11.4. The molecule has 0 bridgehead atoms. The quantitative estimate of drug-likeness (QED) is 0.657. The van der Waals surface area contributed by atoms with Crippen LogP contribution in [0.1, 0.15) is 16.7 Å². The van der Waals surface area contributed by atoms with E-state index in [0.717, 1.165) is 21.7 Å². The monoisotopic (exact) mass is 337 g/mol. The summed E-state index contributed by atoms with van der Waals surface area (Å²) in [4.78, 5) is 2.13. The van der Waals surface area contributed by atoms with E-state index in [9.17, 15) is 0 Å². The van der Waals surface area contributed by atoms with Gasteiger partial charge in [-0.05, 0) is 54.8 Å². The lowest BCUT2D eigenvalue weighted by atomic mass is 10.1. The van der Waals surface area contributed by atoms with Crippen molar-refractivity contribution in [2.24, 2.45) is 0 Å². The summed E-state index contributed by atoms with van der Waals surface area (Å²) in [5.74, 6) is 0. The van der Waals surface area contributed by atoms with E-state index in [-0.39, 0.29) is 0 Å². The average Bonchev–Trinajstić information content (AvgIpc) is 2.36. The second-order valence-electron chi connectivity index (χ2n) is 4.82. The molecule has 0 fully saturated rings. The van der Waals surface area contributed by atoms with Crippen LogP contribution in [0.4, 0.5) is 11.4 Å². The molecule has 100 valence electrons. The Hall–Kier alpha value is -0.990. The first-order valence-electron chi connectivity index (χ1n) is 6.17. The van der Waals surface area contributed by atoms with Crippen molar-refractivity contribution >= 4 is 38.9 Å². The van der Waals surface area contributed by atoms with Crippen molar-refractivity contribution in [1.29, 1.82) is 0 Å². The molecule has 0 unspecified atom stereocenters. The lowest BCUT2D eigenvalue weighted by Gasteiger charge is -2.22. The van der Waals surface area contributed by atoms with E-state index in [2.05, 4.69) is 65.0 Å². The summed E-state index contributed by atoms with van der Waals surface area (Å²) in [6.07, 6.45) is 0. The van der Waals surface area contributed by atoms with E-state index in [4.69, 9.17) is 11.6 Å². The Labute approximate surface area is 128 Å². The van der Waals surface area contributed by atoms with Gasteiger partial charge in [0, 0.05) is 18.1 Å². The standard InChI is InChI=1S/C16H17BrClN/c1-11-6-12(2)8-14(7-11)19(3)16-5-4-13(10-17)9-15(16)18/h4-9H,10H2,1-3H3. The van der Waals surface area contributed by atoms with Gasteiger partial charge in [-0.2, -0.15) is 0 Å². The van der Waals surface area contributed by atoms with Gasteiger partial charge in [0.25, 0.3) is 0 Å². The molecule has 19 heavy (non-hydrogen) atoms. The van der Waals surface area contributed by atoms with Crippen molar-refractivity contribution in [2.75, 3.05) is 11.9 Å². The fourth-order valence-electron chi connectivity index (χ4n) is 2.19. The molecule has 0 aliphatic rings. The van der Waals surface area contributed by atoms with Crippen molar-refractivity contribution in [3.05, 3.63) is 58.1 Å². The number of alkyl halides is 1. The molecule has 0 aliphatic heterocycles. The third kappa shape index (κ3) is 3.31. The Balaban J connectivity index is 2.40. The number of hydrogen-bond acceptors (Lipinski definition) is 1. The Morgan fingerprint density at radius 2 is 1.68 bits per heavy atom. The van der Waals surface area contributed by atoms with Crippen molar-refractivity contribution in [1.82, 2.24) is 0 Å². The maximum atomic E-state index is 6.37. The lowest BCUT2D eigenvalue weighted by Crippen LogP contribution is -2.10. The predicted octanol–water partition coefficient (Wildman–Crippen LogP) is 5.62. The van der Waals surface area contributed by atoms with E-state index in [1.54, 1.807) is 0 Å². The second kappa shape index (κ2) is 5.98. The molecule has 0 saturated carbocycles. The molecule has 0 aliphatic carbocycles. The number of anilines is 2. The molecule has 0 N–H and O–H groups in total. The summed E-state index contributed by atoms with van der Waals surface area (Å²) in [6.45, 7) is 4.22. The SMILES string of the molecule is Cc1cc(C)cc(N(C)c2ccc(CBr)cc2Cl)c1. The predicted molar refractivity (Wildman–Crippen MR) is 88.1 cm³/mol. The molecule has 0 aromatic heterocycles. The molecule has 3 heteroatoms. The number of nitrogens with zero attached hydrogens (tertiary/aromatic N) is 1. The fourth-order valence-corrected chi connectivity index (χ4v) is 2.87.